The van der Waals surface area contributed by atoms with Crippen molar-refractivity contribution in [3.63, 3.8) is 0 Å². The summed E-state index contributed by atoms with van der Waals surface area (Å²) in [6.07, 6.45) is 6.99. The van der Waals surface area contributed by atoms with E-state index in [1.54, 1.807) is 0 Å². The Morgan fingerprint density at radius 3 is 2.94 bits per heavy atom. The van der Waals surface area contributed by atoms with Gasteiger partial charge in [-0.15, -0.1) is 0 Å². The van der Waals surface area contributed by atoms with E-state index in [1.807, 2.05) is 23.1 Å². The molecule has 0 atom stereocenters. The number of aromatic nitrogens is 3. The van der Waals surface area contributed by atoms with Crippen LogP contribution in [0.2, 0.25) is 0 Å². The van der Waals surface area contributed by atoms with Gasteiger partial charge in [-0.2, -0.15) is 5.10 Å². The molecule has 2 heterocycles. The van der Waals surface area contributed by atoms with E-state index in [0.29, 0.717) is 0 Å². The molecule has 0 amide bonds. The Kier molecular flexibility index (Phi) is 3.77. The van der Waals surface area contributed by atoms with Crippen molar-refractivity contribution in [1.82, 2.24) is 19.7 Å². The maximum Gasteiger partial charge on any atom is 0.0489 e. The minimum atomic E-state index is 0.933. The van der Waals surface area contributed by atoms with Gasteiger partial charge in [-0.05, 0) is 31.2 Å². The highest BCUT2D eigenvalue weighted by Crippen LogP contribution is 1.98. The standard InChI is InChI=1S/C12H18N4/c1-15-8-2-5-12(15)11-13-6-3-9-16-10-4-7-14-16/h2,4-5,7-8,10,13H,3,6,9,11H2,1H3. The Hall–Kier alpha value is -1.55. The van der Waals surface area contributed by atoms with Gasteiger partial charge < -0.3 is 9.88 Å². The van der Waals surface area contributed by atoms with Gasteiger partial charge >= 0.3 is 0 Å². The molecule has 86 valence electrons. The highest BCUT2D eigenvalue weighted by atomic mass is 15.3. The van der Waals surface area contributed by atoms with Crippen LogP contribution in [0.4, 0.5) is 0 Å². The fraction of sp³-hybridized carbons (Fsp3) is 0.417. The third kappa shape index (κ3) is 2.97. The van der Waals surface area contributed by atoms with E-state index in [-0.39, 0.29) is 0 Å². The summed E-state index contributed by atoms with van der Waals surface area (Å²) in [6.45, 7) is 2.93. The number of rotatable bonds is 6. The van der Waals surface area contributed by atoms with Crippen molar-refractivity contribution in [2.24, 2.45) is 7.05 Å². The molecule has 0 fully saturated rings. The average molecular weight is 218 g/mol. The molecule has 0 bridgehead atoms. The van der Waals surface area contributed by atoms with Crippen molar-refractivity contribution >= 4 is 0 Å². The Morgan fingerprint density at radius 2 is 2.25 bits per heavy atom. The first-order valence-corrected chi connectivity index (χ1v) is 5.64. The van der Waals surface area contributed by atoms with Crippen LogP contribution in [0.3, 0.4) is 0 Å². The molecule has 2 aromatic heterocycles. The fourth-order valence-corrected chi connectivity index (χ4v) is 1.70. The summed E-state index contributed by atoms with van der Waals surface area (Å²) in [7, 11) is 2.07. The lowest BCUT2D eigenvalue weighted by Crippen LogP contribution is -2.18. The van der Waals surface area contributed by atoms with Gasteiger partial charge in [0.05, 0.1) is 0 Å². The van der Waals surface area contributed by atoms with Gasteiger partial charge in [-0.25, -0.2) is 0 Å². The van der Waals surface area contributed by atoms with Crippen molar-refractivity contribution in [2.45, 2.75) is 19.5 Å². The van der Waals surface area contributed by atoms with Gasteiger partial charge in [0.25, 0.3) is 0 Å². The normalized spacial score (nSPS) is 10.8. The maximum absolute atomic E-state index is 4.16. The van der Waals surface area contributed by atoms with Crippen LogP contribution in [0.1, 0.15) is 12.1 Å². The molecule has 1 N–H and O–H groups in total. The molecule has 4 heteroatoms. The van der Waals surface area contributed by atoms with Crippen molar-refractivity contribution in [3.8, 4) is 0 Å². The van der Waals surface area contributed by atoms with Crippen molar-refractivity contribution in [2.75, 3.05) is 6.54 Å². The Labute approximate surface area is 95.9 Å². The molecular formula is C12H18N4. The molecule has 0 saturated carbocycles. The van der Waals surface area contributed by atoms with Crippen molar-refractivity contribution < 1.29 is 0 Å². The number of hydrogen-bond donors (Lipinski definition) is 1. The van der Waals surface area contributed by atoms with Crippen molar-refractivity contribution in [3.05, 3.63) is 42.5 Å². The number of aryl methyl sites for hydroxylation is 2. The Morgan fingerprint density at radius 1 is 1.31 bits per heavy atom. The van der Waals surface area contributed by atoms with Crippen LogP contribution in [0.5, 0.6) is 0 Å². The van der Waals surface area contributed by atoms with E-state index in [2.05, 4.69) is 40.4 Å². The topological polar surface area (TPSA) is 34.8 Å². The van der Waals surface area contributed by atoms with Gasteiger partial charge in [-0.1, -0.05) is 0 Å². The van der Waals surface area contributed by atoms with Crippen LogP contribution >= 0.6 is 0 Å². The van der Waals surface area contributed by atoms with Crippen LogP contribution in [-0.4, -0.2) is 20.9 Å². The predicted molar refractivity (Wildman–Crippen MR) is 64.0 cm³/mol. The molecule has 0 saturated heterocycles. The zero-order valence-electron chi connectivity index (χ0n) is 9.63. The van der Waals surface area contributed by atoms with E-state index < -0.39 is 0 Å². The average Bonchev–Trinajstić information content (AvgIpc) is 2.90. The summed E-state index contributed by atoms with van der Waals surface area (Å²) >= 11 is 0. The van der Waals surface area contributed by atoms with Gasteiger partial charge in [-0.3, -0.25) is 4.68 Å². The summed E-state index contributed by atoms with van der Waals surface area (Å²) in [5, 5.41) is 7.59. The van der Waals surface area contributed by atoms with Crippen LogP contribution in [0.15, 0.2) is 36.8 Å². The quantitative estimate of drug-likeness (QED) is 0.744. The smallest absolute Gasteiger partial charge is 0.0489 e. The largest absolute Gasteiger partial charge is 0.353 e. The van der Waals surface area contributed by atoms with Crippen LogP contribution in [0, 0.1) is 0 Å². The number of nitrogens with one attached hydrogen (secondary N) is 1. The lowest BCUT2D eigenvalue weighted by molar-refractivity contribution is 0.538. The van der Waals surface area contributed by atoms with Crippen LogP contribution in [0.25, 0.3) is 0 Å². The molecule has 0 spiro atoms. The molecule has 0 aromatic carbocycles. The molecular weight excluding hydrogens is 200 g/mol. The number of nitrogens with zero attached hydrogens (tertiary/aromatic N) is 3. The first-order valence-electron chi connectivity index (χ1n) is 5.64. The Balaban J connectivity index is 1.61. The van der Waals surface area contributed by atoms with E-state index >= 15 is 0 Å². The van der Waals surface area contributed by atoms with Crippen LogP contribution < -0.4 is 5.32 Å². The highest BCUT2D eigenvalue weighted by molar-refractivity contribution is 5.05. The van der Waals surface area contributed by atoms with Gasteiger partial charge in [0.1, 0.15) is 0 Å². The van der Waals surface area contributed by atoms with E-state index in [4.69, 9.17) is 0 Å². The monoisotopic (exact) mass is 218 g/mol. The lowest BCUT2D eigenvalue weighted by Gasteiger charge is -2.06. The molecule has 0 aliphatic heterocycles. The van der Waals surface area contributed by atoms with Gasteiger partial charge in [0.15, 0.2) is 0 Å². The molecule has 0 unspecified atom stereocenters. The molecule has 2 rings (SSSR count). The van der Waals surface area contributed by atoms with E-state index in [1.165, 1.54) is 5.69 Å². The summed E-state index contributed by atoms with van der Waals surface area (Å²) in [6, 6.07) is 6.17. The second-order valence-corrected chi connectivity index (χ2v) is 3.91. The molecule has 4 nitrogen and oxygen atoms in total. The van der Waals surface area contributed by atoms with Gasteiger partial charge in [0, 0.05) is 44.4 Å². The summed E-state index contributed by atoms with van der Waals surface area (Å²) in [5.74, 6) is 0. The minimum Gasteiger partial charge on any atom is -0.353 e. The molecule has 0 aliphatic rings. The van der Waals surface area contributed by atoms with E-state index in [0.717, 1.165) is 26.1 Å². The lowest BCUT2D eigenvalue weighted by atomic mass is 10.4. The summed E-state index contributed by atoms with van der Waals surface area (Å²) < 4.78 is 4.10. The van der Waals surface area contributed by atoms with Gasteiger partial charge in [0.2, 0.25) is 0 Å². The third-order valence-corrected chi connectivity index (χ3v) is 2.66. The first-order chi connectivity index (χ1) is 7.86. The number of hydrogen-bond acceptors (Lipinski definition) is 2. The molecule has 16 heavy (non-hydrogen) atoms. The second-order valence-electron chi connectivity index (χ2n) is 3.91. The fourth-order valence-electron chi connectivity index (χ4n) is 1.70. The molecule has 2 aromatic rings. The maximum atomic E-state index is 4.16. The third-order valence-electron chi connectivity index (χ3n) is 2.66. The highest BCUT2D eigenvalue weighted by Gasteiger charge is 1.96. The first kappa shape index (κ1) is 11.0. The van der Waals surface area contributed by atoms with E-state index in [9.17, 15) is 0 Å². The van der Waals surface area contributed by atoms with Crippen molar-refractivity contribution in [1.29, 1.82) is 0 Å². The minimum absolute atomic E-state index is 0.933. The Bertz CT molecular complexity index is 402. The second kappa shape index (κ2) is 5.51. The van der Waals surface area contributed by atoms with Crippen LogP contribution in [-0.2, 0) is 20.1 Å². The zero-order valence-corrected chi connectivity index (χ0v) is 9.63. The zero-order chi connectivity index (χ0) is 11.2. The SMILES string of the molecule is Cn1cccc1CNCCCn1cccn1. The molecule has 0 radical (unpaired) electrons. The molecule has 0 aliphatic carbocycles. The summed E-state index contributed by atoms with van der Waals surface area (Å²) in [4.78, 5) is 0. The predicted octanol–water partition coefficient (Wildman–Crippen LogP) is 1.40. The summed E-state index contributed by atoms with van der Waals surface area (Å²) in [5.41, 5.74) is 1.32.